The lowest BCUT2D eigenvalue weighted by Gasteiger charge is -2.08. The number of fused-ring (bicyclic) bond motifs is 1. The van der Waals surface area contributed by atoms with Crippen LogP contribution in [0, 0.1) is 0 Å². The summed E-state index contributed by atoms with van der Waals surface area (Å²) in [6, 6.07) is 13.6. The van der Waals surface area contributed by atoms with E-state index in [2.05, 4.69) is 0 Å². The Kier molecular flexibility index (Phi) is 1.83. The van der Waals surface area contributed by atoms with Gasteiger partial charge in [-0.3, -0.25) is 4.79 Å². The summed E-state index contributed by atoms with van der Waals surface area (Å²) in [6.45, 7) is 0. The summed E-state index contributed by atoms with van der Waals surface area (Å²) in [7, 11) is 1.63. The molecule has 0 aromatic heterocycles. The lowest BCUT2D eigenvalue weighted by molar-refractivity contribution is 0.417. The predicted molar refractivity (Wildman–Crippen MR) is 64.6 cm³/mol. The highest BCUT2D eigenvalue weighted by Gasteiger charge is 2.18. The van der Waals surface area contributed by atoms with Crippen LogP contribution in [0.4, 0.5) is 0 Å². The first kappa shape index (κ1) is 9.16. The van der Waals surface area contributed by atoms with Gasteiger partial charge in [0.25, 0.3) is 0 Å². The summed E-state index contributed by atoms with van der Waals surface area (Å²) < 4.78 is 5.31. The molecule has 2 heteroatoms. The van der Waals surface area contributed by atoms with Gasteiger partial charge in [0.1, 0.15) is 5.75 Å². The zero-order chi connectivity index (χ0) is 11.1. The number of hydrogen-bond acceptors (Lipinski definition) is 2. The molecular formula is C14H10O2. The Labute approximate surface area is 92.8 Å². The van der Waals surface area contributed by atoms with Crippen LogP contribution in [0.2, 0.25) is 0 Å². The lowest BCUT2D eigenvalue weighted by atomic mass is 10.0. The molecular weight excluding hydrogens is 200 g/mol. The molecule has 78 valence electrons. The Bertz CT molecular complexity index is 673. The van der Waals surface area contributed by atoms with E-state index in [0.717, 1.165) is 27.6 Å². The van der Waals surface area contributed by atoms with E-state index in [-0.39, 0.29) is 5.43 Å². The maximum Gasteiger partial charge on any atom is 0.187 e. The third kappa shape index (κ3) is 1.23. The molecule has 0 spiro atoms. The first-order valence-electron chi connectivity index (χ1n) is 5.13. The number of rotatable bonds is 2. The maximum atomic E-state index is 11.3. The minimum absolute atomic E-state index is 0.106. The molecule has 3 aromatic carbocycles. The van der Waals surface area contributed by atoms with Gasteiger partial charge in [0.15, 0.2) is 5.43 Å². The van der Waals surface area contributed by atoms with Crippen molar-refractivity contribution in [1.82, 2.24) is 0 Å². The average molecular weight is 210 g/mol. The average Bonchev–Trinajstić information content (AvgIpc) is 3.04. The highest BCUT2D eigenvalue weighted by molar-refractivity contribution is 6.01. The van der Waals surface area contributed by atoms with Crippen LogP contribution in [-0.4, -0.2) is 7.11 Å². The van der Waals surface area contributed by atoms with Gasteiger partial charge in [-0.25, -0.2) is 0 Å². The van der Waals surface area contributed by atoms with Gasteiger partial charge < -0.3 is 4.74 Å². The quantitative estimate of drug-likeness (QED) is 0.650. The van der Waals surface area contributed by atoms with Gasteiger partial charge in [-0.1, -0.05) is 30.3 Å². The molecule has 0 bridgehead atoms. The van der Waals surface area contributed by atoms with E-state index in [1.165, 1.54) is 0 Å². The van der Waals surface area contributed by atoms with E-state index in [9.17, 15) is 4.79 Å². The van der Waals surface area contributed by atoms with Crippen molar-refractivity contribution in [2.75, 3.05) is 7.11 Å². The van der Waals surface area contributed by atoms with E-state index < -0.39 is 0 Å². The number of benzene rings is 2. The molecule has 16 heavy (non-hydrogen) atoms. The van der Waals surface area contributed by atoms with Gasteiger partial charge in [-0.05, 0) is 22.9 Å². The van der Waals surface area contributed by atoms with Gasteiger partial charge in [0.2, 0.25) is 0 Å². The van der Waals surface area contributed by atoms with Crippen molar-refractivity contribution in [2.24, 2.45) is 0 Å². The Morgan fingerprint density at radius 3 is 2.50 bits per heavy atom. The van der Waals surface area contributed by atoms with Crippen LogP contribution < -0.4 is 10.2 Å². The zero-order valence-corrected chi connectivity index (χ0v) is 8.86. The summed E-state index contributed by atoms with van der Waals surface area (Å²) in [5.41, 5.74) is 1.80. The van der Waals surface area contributed by atoms with Crippen molar-refractivity contribution in [2.45, 2.75) is 0 Å². The molecule has 3 aromatic rings. The van der Waals surface area contributed by atoms with Crippen molar-refractivity contribution in [3.05, 3.63) is 52.7 Å². The molecule has 0 N–H and O–H groups in total. The number of hydrogen-bond donors (Lipinski definition) is 0. The number of ether oxygens (including phenoxy) is 1. The lowest BCUT2D eigenvalue weighted by Crippen LogP contribution is -1.89. The SMILES string of the molecule is COc1ccc2ccccc2c1-c1cc1=O. The van der Waals surface area contributed by atoms with Crippen LogP contribution in [0.25, 0.3) is 21.9 Å². The van der Waals surface area contributed by atoms with Gasteiger partial charge in [0.05, 0.1) is 7.11 Å². The minimum Gasteiger partial charge on any atom is -0.496 e. The van der Waals surface area contributed by atoms with E-state index in [1.807, 2.05) is 36.4 Å². The minimum atomic E-state index is 0.106. The van der Waals surface area contributed by atoms with Crippen LogP contribution in [0.5, 0.6) is 5.75 Å². The summed E-state index contributed by atoms with van der Waals surface area (Å²) in [6.07, 6.45) is 0. The smallest absolute Gasteiger partial charge is 0.187 e. The highest BCUT2D eigenvalue weighted by Crippen LogP contribution is 2.36. The van der Waals surface area contributed by atoms with Gasteiger partial charge >= 0.3 is 0 Å². The van der Waals surface area contributed by atoms with Crippen molar-refractivity contribution in [1.29, 1.82) is 0 Å². The summed E-state index contributed by atoms with van der Waals surface area (Å²) >= 11 is 0. The Morgan fingerprint density at radius 1 is 1.06 bits per heavy atom. The molecule has 0 aliphatic carbocycles. The van der Waals surface area contributed by atoms with E-state index in [1.54, 1.807) is 13.2 Å². The van der Waals surface area contributed by atoms with E-state index in [4.69, 9.17) is 4.74 Å². The standard InChI is InChI=1S/C14H10O2/c1-16-13-7-6-9-4-2-3-5-10(9)14(13)11-8-12(11)15/h2-8H,1H3. The van der Waals surface area contributed by atoms with Crippen molar-refractivity contribution in [3.63, 3.8) is 0 Å². The fraction of sp³-hybridized carbons (Fsp3) is 0.0714. The zero-order valence-electron chi connectivity index (χ0n) is 8.86. The third-order valence-corrected chi connectivity index (χ3v) is 2.84. The van der Waals surface area contributed by atoms with E-state index >= 15 is 0 Å². The summed E-state index contributed by atoms with van der Waals surface area (Å²) in [5, 5.41) is 2.19. The van der Waals surface area contributed by atoms with Gasteiger partial charge in [0, 0.05) is 11.1 Å². The molecule has 0 radical (unpaired) electrons. The monoisotopic (exact) mass is 210 g/mol. The molecule has 0 fully saturated rings. The van der Waals surface area contributed by atoms with Crippen molar-refractivity contribution in [3.8, 4) is 16.9 Å². The fourth-order valence-electron chi connectivity index (χ4n) is 1.99. The predicted octanol–water partition coefficient (Wildman–Crippen LogP) is 2.75. The second-order valence-electron chi connectivity index (χ2n) is 3.79. The first-order valence-corrected chi connectivity index (χ1v) is 5.13. The van der Waals surface area contributed by atoms with Crippen molar-refractivity contribution < 1.29 is 4.74 Å². The normalized spacial score (nSPS) is 11.1. The number of methoxy groups -OCH3 is 1. The van der Waals surface area contributed by atoms with Crippen LogP contribution in [0.1, 0.15) is 0 Å². The summed E-state index contributed by atoms with van der Waals surface area (Å²) in [4.78, 5) is 11.3. The molecule has 0 unspecified atom stereocenters. The van der Waals surface area contributed by atoms with Crippen LogP contribution in [-0.2, 0) is 0 Å². The van der Waals surface area contributed by atoms with Crippen LogP contribution in [0.3, 0.4) is 0 Å². The molecule has 0 amide bonds. The summed E-state index contributed by atoms with van der Waals surface area (Å²) in [5.74, 6) is 0.760. The Balaban J connectivity index is 2.41. The molecule has 0 saturated carbocycles. The molecule has 0 aliphatic heterocycles. The topological polar surface area (TPSA) is 26.3 Å². The van der Waals surface area contributed by atoms with Crippen LogP contribution >= 0.6 is 0 Å². The maximum absolute atomic E-state index is 11.3. The Hall–Kier alpha value is -2.09. The molecule has 2 nitrogen and oxygen atoms in total. The van der Waals surface area contributed by atoms with Gasteiger partial charge in [-0.2, -0.15) is 0 Å². The molecule has 3 rings (SSSR count). The molecule has 0 heterocycles. The van der Waals surface area contributed by atoms with Crippen molar-refractivity contribution >= 4 is 10.8 Å². The molecule has 0 saturated heterocycles. The second kappa shape index (κ2) is 3.20. The second-order valence-corrected chi connectivity index (χ2v) is 3.79. The van der Waals surface area contributed by atoms with Crippen LogP contribution in [0.15, 0.2) is 47.3 Å². The van der Waals surface area contributed by atoms with Gasteiger partial charge in [-0.15, -0.1) is 0 Å². The third-order valence-electron chi connectivity index (χ3n) is 2.84. The molecule has 0 atom stereocenters. The highest BCUT2D eigenvalue weighted by atomic mass is 16.5. The fourth-order valence-corrected chi connectivity index (χ4v) is 1.99. The Morgan fingerprint density at radius 2 is 1.81 bits per heavy atom. The van der Waals surface area contributed by atoms with E-state index in [0.29, 0.717) is 0 Å². The first-order chi connectivity index (χ1) is 7.81. The largest absolute Gasteiger partial charge is 0.496 e. The molecule has 0 aliphatic rings.